The lowest BCUT2D eigenvalue weighted by molar-refractivity contribution is 1.08. The van der Waals surface area contributed by atoms with Crippen molar-refractivity contribution in [2.24, 2.45) is 0 Å². The molecule has 0 aliphatic heterocycles. The summed E-state index contributed by atoms with van der Waals surface area (Å²) in [5.41, 5.74) is 12.0. The maximum Gasteiger partial charge on any atom is 0.164 e. The first-order valence-corrected chi connectivity index (χ1v) is 18.9. The highest BCUT2D eigenvalue weighted by Crippen LogP contribution is 2.41. The molecule has 0 spiro atoms. The van der Waals surface area contributed by atoms with E-state index in [-0.39, 0.29) is 0 Å². The lowest BCUT2D eigenvalue weighted by atomic mass is 9.99. The number of nitrogens with zero attached hydrogens (tertiary/aromatic N) is 5. The molecule has 0 saturated heterocycles. The van der Waals surface area contributed by atoms with E-state index in [1.165, 1.54) is 21.8 Å². The summed E-state index contributed by atoms with van der Waals surface area (Å²) in [6, 6.07) is 70.4. The Labute approximate surface area is 323 Å². The van der Waals surface area contributed by atoms with E-state index in [0.29, 0.717) is 17.5 Å². The van der Waals surface area contributed by atoms with Gasteiger partial charge in [-0.15, -0.1) is 0 Å². The third kappa shape index (κ3) is 5.21. The smallest absolute Gasteiger partial charge is 0.164 e. The van der Waals surface area contributed by atoms with E-state index in [1.807, 2.05) is 36.4 Å². The summed E-state index contributed by atoms with van der Waals surface area (Å²) >= 11 is 0. The SMILES string of the molecule is c1ccc(-c2nc(-c3ccccc3)nc(-c3cccc4c3c3cc(-c5ccc6c(c5)c5ccccc5n6-c5ccccc5)ccc3n4-c3ccccc3)n2)cc1. The van der Waals surface area contributed by atoms with Crippen LogP contribution in [0.15, 0.2) is 200 Å². The van der Waals surface area contributed by atoms with Gasteiger partial charge in [0, 0.05) is 49.6 Å². The molecule has 11 rings (SSSR count). The van der Waals surface area contributed by atoms with Crippen LogP contribution in [0, 0.1) is 0 Å². The zero-order chi connectivity index (χ0) is 37.0. The normalized spacial score (nSPS) is 11.6. The Kier molecular flexibility index (Phi) is 7.42. The third-order valence-electron chi connectivity index (χ3n) is 10.8. The zero-order valence-corrected chi connectivity index (χ0v) is 30.3. The lowest BCUT2D eigenvalue weighted by Gasteiger charge is -2.10. The summed E-state index contributed by atoms with van der Waals surface area (Å²) in [6.45, 7) is 0. The quantitative estimate of drug-likeness (QED) is 0.172. The van der Waals surface area contributed by atoms with Gasteiger partial charge in [-0.3, -0.25) is 0 Å². The van der Waals surface area contributed by atoms with Crippen LogP contribution in [-0.2, 0) is 0 Å². The van der Waals surface area contributed by atoms with Crippen LogP contribution in [0.3, 0.4) is 0 Å². The average Bonchev–Trinajstić information content (AvgIpc) is 3.80. The molecule has 0 N–H and O–H groups in total. The molecule has 0 atom stereocenters. The average molecular weight is 716 g/mol. The molecule has 0 radical (unpaired) electrons. The van der Waals surface area contributed by atoms with Crippen molar-refractivity contribution < 1.29 is 0 Å². The van der Waals surface area contributed by atoms with E-state index in [1.54, 1.807) is 0 Å². The minimum Gasteiger partial charge on any atom is -0.309 e. The molecule has 11 aromatic rings. The first kappa shape index (κ1) is 31.9. The molecule has 56 heavy (non-hydrogen) atoms. The van der Waals surface area contributed by atoms with Gasteiger partial charge in [-0.1, -0.05) is 140 Å². The molecular formula is C51H33N5. The first-order chi connectivity index (χ1) is 27.8. The van der Waals surface area contributed by atoms with Crippen molar-refractivity contribution in [3.05, 3.63) is 200 Å². The van der Waals surface area contributed by atoms with Crippen LogP contribution >= 0.6 is 0 Å². The van der Waals surface area contributed by atoms with Crippen molar-refractivity contribution in [2.45, 2.75) is 0 Å². The maximum atomic E-state index is 5.18. The Morgan fingerprint density at radius 2 is 0.732 bits per heavy atom. The second-order valence-electron chi connectivity index (χ2n) is 14.1. The van der Waals surface area contributed by atoms with Crippen LogP contribution in [0.5, 0.6) is 0 Å². The van der Waals surface area contributed by atoms with Crippen molar-refractivity contribution in [3.8, 4) is 56.7 Å². The van der Waals surface area contributed by atoms with Crippen molar-refractivity contribution in [2.75, 3.05) is 0 Å². The molecule has 0 saturated carbocycles. The van der Waals surface area contributed by atoms with Crippen molar-refractivity contribution >= 4 is 43.6 Å². The molecule has 5 nitrogen and oxygen atoms in total. The molecule has 262 valence electrons. The molecule has 0 fully saturated rings. The minimum atomic E-state index is 0.635. The van der Waals surface area contributed by atoms with Crippen LogP contribution in [0.2, 0.25) is 0 Å². The third-order valence-corrected chi connectivity index (χ3v) is 10.8. The molecule has 0 aliphatic carbocycles. The Bertz CT molecular complexity index is 3160. The summed E-state index contributed by atoms with van der Waals surface area (Å²) in [6.07, 6.45) is 0. The second kappa shape index (κ2) is 13.0. The molecule has 0 aliphatic rings. The predicted octanol–water partition coefficient (Wildman–Crippen LogP) is 12.7. The van der Waals surface area contributed by atoms with E-state index in [9.17, 15) is 0 Å². The zero-order valence-electron chi connectivity index (χ0n) is 30.3. The first-order valence-electron chi connectivity index (χ1n) is 18.9. The fourth-order valence-corrected chi connectivity index (χ4v) is 8.23. The van der Waals surface area contributed by atoms with Gasteiger partial charge in [0.15, 0.2) is 17.5 Å². The van der Waals surface area contributed by atoms with Gasteiger partial charge in [0.1, 0.15) is 0 Å². The molecule has 0 amide bonds. The number of benzene rings is 8. The van der Waals surface area contributed by atoms with Crippen LogP contribution in [-0.4, -0.2) is 24.1 Å². The van der Waals surface area contributed by atoms with Crippen molar-refractivity contribution in [1.29, 1.82) is 0 Å². The van der Waals surface area contributed by atoms with Gasteiger partial charge in [-0.25, -0.2) is 15.0 Å². The Morgan fingerprint density at radius 3 is 1.34 bits per heavy atom. The van der Waals surface area contributed by atoms with Gasteiger partial charge >= 0.3 is 0 Å². The number of fused-ring (bicyclic) bond motifs is 6. The van der Waals surface area contributed by atoms with Gasteiger partial charge in [-0.2, -0.15) is 0 Å². The standard InChI is InChI=1S/C51H33N5/c1-5-16-34(17-6-1)49-52-50(35-18-7-2-8-19-35)54-51(53-49)41-25-15-27-47-48(41)43-33-37(29-31-46(43)56(47)39-22-11-4-12-23-39)36-28-30-45-42(32-36)40-24-13-14-26-44(40)55(45)38-20-9-3-10-21-38/h1-33H. The van der Waals surface area contributed by atoms with Crippen LogP contribution in [0.25, 0.3) is 100 Å². The summed E-state index contributed by atoms with van der Waals surface area (Å²) in [4.78, 5) is 15.3. The monoisotopic (exact) mass is 715 g/mol. The summed E-state index contributed by atoms with van der Waals surface area (Å²) < 4.78 is 4.71. The lowest BCUT2D eigenvalue weighted by Crippen LogP contribution is -2.00. The molecule has 3 heterocycles. The van der Waals surface area contributed by atoms with Crippen molar-refractivity contribution in [3.63, 3.8) is 0 Å². The van der Waals surface area contributed by atoms with Crippen LogP contribution in [0.4, 0.5) is 0 Å². The van der Waals surface area contributed by atoms with Gasteiger partial charge in [0.05, 0.1) is 22.1 Å². The topological polar surface area (TPSA) is 48.5 Å². The highest BCUT2D eigenvalue weighted by atomic mass is 15.0. The molecule has 5 heteroatoms. The van der Waals surface area contributed by atoms with Gasteiger partial charge in [-0.05, 0) is 71.8 Å². The fourth-order valence-electron chi connectivity index (χ4n) is 8.23. The number of hydrogen-bond acceptors (Lipinski definition) is 3. The number of hydrogen-bond donors (Lipinski definition) is 0. The molecule has 0 bridgehead atoms. The van der Waals surface area contributed by atoms with Crippen LogP contribution < -0.4 is 0 Å². The number of aromatic nitrogens is 5. The van der Waals surface area contributed by atoms with Gasteiger partial charge in [0.25, 0.3) is 0 Å². The largest absolute Gasteiger partial charge is 0.309 e. The molecule has 0 unspecified atom stereocenters. The second-order valence-corrected chi connectivity index (χ2v) is 14.1. The molecule has 3 aromatic heterocycles. The fraction of sp³-hybridized carbons (Fsp3) is 0. The van der Waals surface area contributed by atoms with E-state index >= 15 is 0 Å². The minimum absolute atomic E-state index is 0.635. The van der Waals surface area contributed by atoms with Gasteiger partial charge < -0.3 is 9.13 Å². The summed E-state index contributed by atoms with van der Waals surface area (Å²) in [5, 5.41) is 4.68. The van der Waals surface area contributed by atoms with Gasteiger partial charge in [0.2, 0.25) is 0 Å². The van der Waals surface area contributed by atoms with E-state index in [2.05, 4.69) is 173 Å². The number of para-hydroxylation sites is 3. The van der Waals surface area contributed by atoms with E-state index < -0.39 is 0 Å². The molecule has 8 aromatic carbocycles. The highest BCUT2D eigenvalue weighted by molar-refractivity contribution is 6.16. The predicted molar refractivity (Wildman–Crippen MR) is 230 cm³/mol. The Hall–Kier alpha value is -7.63. The Morgan fingerprint density at radius 1 is 0.286 bits per heavy atom. The highest BCUT2D eigenvalue weighted by Gasteiger charge is 2.21. The van der Waals surface area contributed by atoms with Crippen LogP contribution in [0.1, 0.15) is 0 Å². The number of rotatable bonds is 6. The Balaban J connectivity index is 1.16. The molecular weight excluding hydrogens is 683 g/mol. The summed E-state index contributed by atoms with van der Waals surface area (Å²) in [7, 11) is 0. The van der Waals surface area contributed by atoms with E-state index in [0.717, 1.165) is 61.0 Å². The van der Waals surface area contributed by atoms with Crippen molar-refractivity contribution in [1.82, 2.24) is 24.1 Å². The van der Waals surface area contributed by atoms with E-state index in [4.69, 9.17) is 15.0 Å². The summed E-state index contributed by atoms with van der Waals surface area (Å²) in [5.74, 6) is 1.92. The maximum absolute atomic E-state index is 5.18.